The van der Waals surface area contributed by atoms with Crippen molar-refractivity contribution in [3.63, 3.8) is 0 Å². The van der Waals surface area contributed by atoms with Crippen molar-refractivity contribution in [2.45, 2.75) is 71.1 Å². The molecule has 1 aromatic rings. The van der Waals surface area contributed by atoms with Crippen LogP contribution in [0.4, 0.5) is 0 Å². The monoisotopic (exact) mass is 468 g/mol. The molecule has 0 aliphatic heterocycles. The molecule has 0 aliphatic carbocycles. The van der Waals surface area contributed by atoms with E-state index < -0.39 is 54.5 Å². The average molecular weight is 469 g/mol. The summed E-state index contributed by atoms with van der Waals surface area (Å²) in [6, 6.07) is -4.47. The van der Waals surface area contributed by atoms with Gasteiger partial charge in [0, 0.05) is 18.3 Å². The van der Waals surface area contributed by atoms with Gasteiger partial charge in [-0.15, -0.1) is 0 Å². The largest absolute Gasteiger partial charge is 0.480 e. The number of imidazole rings is 1. The van der Waals surface area contributed by atoms with Crippen LogP contribution in [0.3, 0.4) is 0 Å². The quantitative estimate of drug-likeness (QED) is 0.178. The third-order valence-electron chi connectivity index (χ3n) is 4.81. The minimum Gasteiger partial charge on any atom is -0.480 e. The van der Waals surface area contributed by atoms with E-state index in [0.717, 1.165) is 0 Å². The predicted octanol–water partition coefficient (Wildman–Crippen LogP) is -1.10. The van der Waals surface area contributed by atoms with Gasteiger partial charge >= 0.3 is 5.97 Å². The molecule has 1 aromatic heterocycles. The van der Waals surface area contributed by atoms with E-state index in [9.17, 15) is 29.4 Å². The molecule has 4 atom stereocenters. The Bertz CT molecular complexity index is 782. The Kier molecular flexibility index (Phi) is 11.5. The standard InChI is InChI=1S/C21H36N6O6/c1-11(2)5-14(22)18(29)27-17(9-28)20(31)25-15(6-12(3)4)19(30)26-16(21(32)33)7-13-8-23-10-24-13/h8,10-12,14-17,28H,5-7,9,22H2,1-4H3,(H,23,24)(H,25,31)(H,26,30)(H,27,29)(H,32,33). The molecule has 1 heterocycles. The number of aromatic amines is 1. The molecule has 0 fully saturated rings. The predicted molar refractivity (Wildman–Crippen MR) is 120 cm³/mol. The smallest absolute Gasteiger partial charge is 0.326 e. The van der Waals surface area contributed by atoms with E-state index in [1.165, 1.54) is 12.5 Å². The first-order chi connectivity index (χ1) is 15.4. The topological polar surface area (TPSA) is 200 Å². The van der Waals surface area contributed by atoms with Crippen molar-refractivity contribution in [2.75, 3.05) is 6.61 Å². The fourth-order valence-electron chi connectivity index (χ4n) is 3.15. The first-order valence-corrected chi connectivity index (χ1v) is 10.9. The van der Waals surface area contributed by atoms with Gasteiger partial charge in [0.25, 0.3) is 0 Å². The molecule has 0 aliphatic rings. The van der Waals surface area contributed by atoms with E-state index in [2.05, 4.69) is 25.9 Å². The first kappa shape index (κ1) is 28.0. The van der Waals surface area contributed by atoms with E-state index in [0.29, 0.717) is 12.1 Å². The van der Waals surface area contributed by atoms with Crippen LogP contribution < -0.4 is 21.7 Å². The van der Waals surface area contributed by atoms with E-state index in [-0.39, 0.29) is 24.7 Å². The Morgan fingerprint density at radius 2 is 1.48 bits per heavy atom. The summed E-state index contributed by atoms with van der Waals surface area (Å²) in [6.45, 7) is 6.77. The fourth-order valence-corrected chi connectivity index (χ4v) is 3.15. The first-order valence-electron chi connectivity index (χ1n) is 10.9. The second-order valence-corrected chi connectivity index (χ2v) is 8.85. The van der Waals surface area contributed by atoms with Crippen LogP contribution >= 0.6 is 0 Å². The van der Waals surface area contributed by atoms with Gasteiger partial charge in [0.05, 0.1) is 19.0 Å². The van der Waals surface area contributed by atoms with Crippen molar-refractivity contribution in [2.24, 2.45) is 17.6 Å². The van der Waals surface area contributed by atoms with Crippen LogP contribution in [0.25, 0.3) is 0 Å². The molecule has 0 bridgehead atoms. The third-order valence-corrected chi connectivity index (χ3v) is 4.81. The Labute approximate surface area is 193 Å². The van der Waals surface area contributed by atoms with Crippen LogP contribution in [0.2, 0.25) is 0 Å². The SMILES string of the molecule is CC(C)CC(N)C(=O)NC(CO)C(=O)NC(CC(C)C)C(=O)NC(Cc1cnc[nH]1)C(=O)O. The molecule has 186 valence electrons. The molecular weight excluding hydrogens is 432 g/mol. The van der Waals surface area contributed by atoms with Crippen molar-refractivity contribution in [1.82, 2.24) is 25.9 Å². The highest BCUT2D eigenvalue weighted by atomic mass is 16.4. The molecule has 3 amide bonds. The minimum atomic E-state index is -1.31. The fraction of sp³-hybridized carbons (Fsp3) is 0.667. The van der Waals surface area contributed by atoms with Gasteiger partial charge in [-0.3, -0.25) is 14.4 Å². The summed E-state index contributed by atoms with van der Waals surface area (Å²) < 4.78 is 0. The van der Waals surface area contributed by atoms with Gasteiger partial charge in [0.2, 0.25) is 17.7 Å². The molecule has 1 rings (SSSR count). The highest BCUT2D eigenvalue weighted by Crippen LogP contribution is 2.08. The second-order valence-electron chi connectivity index (χ2n) is 8.85. The van der Waals surface area contributed by atoms with Gasteiger partial charge in [-0.2, -0.15) is 0 Å². The van der Waals surface area contributed by atoms with Crippen molar-refractivity contribution >= 4 is 23.7 Å². The molecular formula is C21H36N6O6. The van der Waals surface area contributed by atoms with Gasteiger partial charge in [0.1, 0.15) is 18.1 Å². The number of aliphatic carboxylic acids is 1. The molecule has 0 saturated carbocycles. The number of nitrogens with two attached hydrogens (primary N) is 1. The lowest BCUT2D eigenvalue weighted by Gasteiger charge is -2.25. The van der Waals surface area contributed by atoms with Crippen LogP contribution in [-0.2, 0) is 25.6 Å². The summed E-state index contributed by atoms with van der Waals surface area (Å²) in [5.41, 5.74) is 6.34. The second kappa shape index (κ2) is 13.5. The number of aromatic nitrogens is 2. The molecule has 0 radical (unpaired) electrons. The van der Waals surface area contributed by atoms with Gasteiger partial charge in [-0.05, 0) is 24.7 Å². The number of nitrogens with zero attached hydrogens (tertiary/aromatic N) is 1. The average Bonchev–Trinajstić information content (AvgIpc) is 3.22. The van der Waals surface area contributed by atoms with Crippen LogP contribution in [0.1, 0.15) is 46.2 Å². The van der Waals surface area contributed by atoms with Gasteiger partial charge in [-0.25, -0.2) is 9.78 Å². The number of carbonyl (C=O) groups excluding carboxylic acids is 3. The van der Waals surface area contributed by atoms with E-state index >= 15 is 0 Å². The highest BCUT2D eigenvalue weighted by Gasteiger charge is 2.30. The lowest BCUT2D eigenvalue weighted by molar-refractivity contribution is -0.142. The van der Waals surface area contributed by atoms with E-state index in [1.807, 2.05) is 27.7 Å². The number of aliphatic hydroxyl groups excluding tert-OH is 1. The van der Waals surface area contributed by atoms with Gasteiger partial charge in [-0.1, -0.05) is 27.7 Å². The van der Waals surface area contributed by atoms with Crippen molar-refractivity contribution in [1.29, 1.82) is 0 Å². The summed E-state index contributed by atoms with van der Waals surface area (Å²) in [6.07, 6.45) is 3.44. The van der Waals surface area contributed by atoms with Crippen LogP contribution in [0, 0.1) is 11.8 Å². The summed E-state index contributed by atoms with van der Waals surface area (Å²) >= 11 is 0. The molecule has 4 unspecified atom stereocenters. The van der Waals surface area contributed by atoms with Crippen molar-refractivity contribution < 1.29 is 29.4 Å². The van der Waals surface area contributed by atoms with Crippen LogP contribution in [0.15, 0.2) is 12.5 Å². The number of aliphatic hydroxyl groups is 1. The summed E-state index contributed by atoms with van der Waals surface area (Å²) in [7, 11) is 0. The Hall–Kier alpha value is -2.99. The lowest BCUT2D eigenvalue weighted by atomic mass is 10.0. The number of hydrogen-bond donors (Lipinski definition) is 7. The number of rotatable bonds is 14. The minimum absolute atomic E-state index is 0.0152. The molecule has 12 nitrogen and oxygen atoms in total. The number of carboxylic acid groups (broad SMARTS) is 1. The zero-order chi connectivity index (χ0) is 25.1. The Morgan fingerprint density at radius 1 is 0.939 bits per heavy atom. The zero-order valence-electron chi connectivity index (χ0n) is 19.5. The highest BCUT2D eigenvalue weighted by molar-refractivity contribution is 5.94. The summed E-state index contributed by atoms with van der Waals surface area (Å²) in [4.78, 5) is 56.0. The van der Waals surface area contributed by atoms with Crippen molar-refractivity contribution in [3.05, 3.63) is 18.2 Å². The van der Waals surface area contributed by atoms with Crippen LogP contribution in [0.5, 0.6) is 0 Å². The van der Waals surface area contributed by atoms with E-state index in [1.54, 1.807) is 0 Å². The molecule has 33 heavy (non-hydrogen) atoms. The summed E-state index contributed by atoms with van der Waals surface area (Å²) in [5, 5.41) is 26.4. The number of amides is 3. The number of nitrogens with one attached hydrogen (secondary N) is 4. The van der Waals surface area contributed by atoms with Crippen molar-refractivity contribution in [3.8, 4) is 0 Å². The normalized spacial score (nSPS) is 14.9. The molecule has 0 saturated heterocycles. The van der Waals surface area contributed by atoms with Crippen LogP contribution in [-0.4, -0.2) is 74.6 Å². The Morgan fingerprint density at radius 3 is 1.97 bits per heavy atom. The number of carbonyl (C=O) groups is 4. The number of carboxylic acids is 1. The number of H-pyrrole nitrogens is 1. The van der Waals surface area contributed by atoms with Gasteiger partial charge in [0.15, 0.2) is 0 Å². The Balaban J connectivity index is 2.86. The summed E-state index contributed by atoms with van der Waals surface area (Å²) in [5.74, 6) is -3.15. The molecule has 8 N–H and O–H groups in total. The number of hydrogen-bond acceptors (Lipinski definition) is 7. The zero-order valence-corrected chi connectivity index (χ0v) is 19.5. The molecule has 0 spiro atoms. The maximum absolute atomic E-state index is 12.8. The maximum Gasteiger partial charge on any atom is 0.326 e. The molecule has 12 heteroatoms. The third kappa shape index (κ3) is 10.00. The van der Waals surface area contributed by atoms with E-state index in [4.69, 9.17) is 5.73 Å². The lowest BCUT2D eigenvalue weighted by Crippen LogP contribution is -2.58. The maximum atomic E-state index is 12.8. The van der Waals surface area contributed by atoms with Gasteiger partial charge < -0.3 is 36.9 Å². The molecule has 0 aromatic carbocycles.